The van der Waals surface area contributed by atoms with Gasteiger partial charge in [0, 0.05) is 65.9 Å². The minimum Gasteiger partial charge on any atom is -0.396 e. The maximum absolute atomic E-state index is 13.5. The first-order valence-corrected chi connectivity index (χ1v) is 13.2. The summed E-state index contributed by atoms with van der Waals surface area (Å²) >= 11 is 0. The second-order valence-electron chi connectivity index (χ2n) is 9.14. The van der Waals surface area contributed by atoms with E-state index in [2.05, 4.69) is 4.90 Å². The highest BCUT2D eigenvalue weighted by atomic mass is 31.1. The molecule has 8 heteroatoms. The van der Waals surface area contributed by atoms with Crippen LogP contribution in [0.2, 0.25) is 0 Å². The van der Waals surface area contributed by atoms with Crippen LogP contribution in [0.3, 0.4) is 0 Å². The van der Waals surface area contributed by atoms with Crippen LogP contribution in [0, 0.1) is 5.92 Å². The molecule has 34 heavy (non-hydrogen) atoms. The number of aliphatic hydroxyl groups is 1. The Kier molecular flexibility index (Phi) is 7.64. The van der Waals surface area contributed by atoms with E-state index in [0.717, 1.165) is 48.5 Å². The largest absolute Gasteiger partial charge is 0.396 e. The highest BCUT2D eigenvalue weighted by Gasteiger charge is 2.39. The van der Waals surface area contributed by atoms with Gasteiger partial charge in [0.1, 0.15) is 0 Å². The van der Waals surface area contributed by atoms with Crippen molar-refractivity contribution in [3.05, 3.63) is 54.1 Å². The number of likely N-dealkylation sites (N-methyl/N-ethyl adjacent to an activating group) is 1. The third kappa shape index (κ3) is 5.01. The monoisotopic (exact) mass is 481 g/mol. The first-order chi connectivity index (χ1) is 16.4. The smallest absolute Gasteiger partial charge is 0.213 e. The fourth-order valence-electron chi connectivity index (χ4n) is 4.84. The zero-order valence-electron chi connectivity index (χ0n) is 19.8. The zero-order chi connectivity index (χ0) is 24.2. The summed E-state index contributed by atoms with van der Waals surface area (Å²) in [6.07, 6.45) is 3.07. The quantitative estimate of drug-likeness (QED) is 0.460. The summed E-state index contributed by atoms with van der Waals surface area (Å²) in [6.45, 7) is 1.81. The fourth-order valence-corrected chi connectivity index (χ4v) is 7.06. The van der Waals surface area contributed by atoms with Gasteiger partial charge in [-0.3, -0.25) is 14.4 Å². The normalized spacial score (nSPS) is 22.7. The third-order valence-corrected chi connectivity index (χ3v) is 9.26. The number of carbonyl (C=O) groups excluding carboxylic acids is 3. The molecule has 0 aliphatic carbocycles. The molecule has 1 N–H and O–H groups in total. The van der Waals surface area contributed by atoms with E-state index in [1.165, 1.54) is 4.90 Å². The van der Waals surface area contributed by atoms with Crippen molar-refractivity contribution in [2.24, 2.45) is 5.92 Å². The molecule has 2 aliphatic heterocycles. The van der Waals surface area contributed by atoms with Gasteiger partial charge in [-0.15, -0.1) is 0 Å². The number of amides is 1. The van der Waals surface area contributed by atoms with Gasteiger partial charge in [0.25, 0.3) is 0 Å². The van der Waals surface area contributed by atoms with Crippen molar-refractivity contribution in [2.45, 2.75) is 31.5 Å². The summed E-state index contributed by atoms with van der Waals surface area (Å²) < 4.78 is 0. The molecule has 7 nitrogen and oxygen atoms in total. The molecule has 2 aromatic rings. The second-order valence-corrected chi connectivity index (χ2v) is 11.3. The minimum absolute atomic E-state index is 0.00622. The number of hydrogen-bond donors (Lipinski definition) is 1. The summed E-state index contributed by atoms with van der Waals surface area (Å²) in [5.41, 5.74) is 3.59. The van der Waals surface area contributed by atoms with Crippen molar-refractivity contribution < 1.29 is 19.5 Å². The zero-order valence-corrected chi connectivity index (χ0v) is 20.7. The Labute approximate surface area is 202 Å². The van der Waals surface area contributed by atoms with Gasteiger partial charge in [-0.05, 0) is 36.6 Å². The molecule has 2 fully saturated rings. The molecular formula is C26H32N3O4P. The fraction of sp³-hybridized carbons (Fsp3) is 0.423. The Hall–Kier alpha value is -2.76. The van der Waals surface area contributed by atoms with Crippen molar-refractivity contribution in [3.63, 3.8) is 0 Å². The Morgan fingerprint density at radius 1 is 1.09 bits per heavy atom. The lowest BCUT2D eigenvalue weighted by Crippen LogP contribution is -2.42. The minimum atomic E-state index is -1.42. The van der Waals surface area contributed by atoms with Gasteiger partial charge >= 0.3 is 0 Å². The van der Waals surface area contributed by atoms with Crippen LogP contribution < -0.4 is 14.7 Å². The van der Waals surface area contributed by atoms with Gasteiger partial charge in [-0.2, -0.15) is 0 Å². The van der Waals surface area contributed by atoms with E-state index in [-0.39, 0.29) is 23.6 Å². The van der Waals surface area contributed by atoms with E-state index in [9.17, 15) is 19.5 Å². The van der Waals surface area contributed by atoms with Crippen LogP contribution >= 0.6 is 7.92 Å². The van der Waals surface area contributed by atoms with E-state index in [1.54, 1.807) is 7.05 Å². The summed E-state index contributed by atoms with van der Waals surface area (Å²) in [5, 5.41) is 9.49. The van der Waals surface area contributed by atoms with Gasteiger partial charge < -0.3 is 19.8 Å². The number of nitrogens with zero attached hydrogens (tertiary/aromatic N) is 3. The maximum Gasteiger partial charge on any atom is 0.213 e. The van der Waals surface area contributed by atoms with Gasteiger partial charge in [0.05, 0.1) is 17.4 Å². The molecule has 2 heterocycles. The Balaban J connectivity index is 1.59. The predicted molar refractivity (Wildman–Crippen MR) is 137 cm³/mol. The number of benzene rings is 2. The lowest BCUT2D eigenvalue weighted by atomic mass is 10.1. The molecule has 2 aliphatic rings. The molecule has 0 spiro atoms. The number of hydrogen-bond acceptors (Lipinski definition) is 6. The number of rotatable bonds is 8. The van der Waals surface area contributed by atoms with Crippen molar-refractivity contribution in [3.8, 4) is 0 Å². The SMILES string of the molecule is CN(C=O)c1cc(N2CCC(CO)C2)ccc1N(C)C1CCC(=O)P(Cc2ccccc2)C1=O. The molecule has 3 unspecified atom stereocenters. The van der Waals surface area contributed by atoms with Crippen molar-refractivity contribution in [1.29, 1.82) is 0 Å². The lowest BCUT2D eigenvalue weighted by Gasteiger charge is -2.36. The van der Waals surface area contributed by atoms with Crippen LogP contribution in [-0.4, -0.2) is 62.4 Å². The highest BCUT2D eigenvalue weighted by Crippen LogP contribution is 2.49. The summed E-state index contributed by atoms with van der Waals surface area (Å²) in [5.74, 6) is 0.260. The number of anilines is 3. The molecule has 0 saturated carbocycles. The molecule has 180 valence electrons. The van der Waals surface area contributed by atoms with E-state index in [0.29, 0.717) is 19.0 Å². The van der Waals surface area contributed by atoms with Gasteiger partial charge in [-0.1, -0.05) is 30.3 Å². The van der Waals surface area contributed by atoms with E-state index in [1.807, 2.05) is 60.5 Å². The van der Waals surface area contributed by atoms with E-state index in [4.69, 9.17) is 0 Å². The van der Waals surface area contributed by atoms with Crippen LogP contribution in [0.15, 0.2) is 48.5 Å². The van der Waals surface area contributed by atoms with Crippen molar-refractivity contribution in [2.75, 3.05) is 48.5 Å². The summed E-state index contributed by atoms with van der Waals surface area (Å²) in [6, 6.07) is 15.3. The molecule has 4 rings (SSSR count). The molecule has 1 amide bonds. The maximum atomic E-state index is 13.5. The van der Waals surface area contributed by atoms with Gasteiger partial charge in [0.15, 0.2) is 11.0 Å². The first kappa shape index (κ1) is 24.4. The van der Waals surface area contributed by atoms with Crippen LogP contribution in [0.5, 0.6) is 0 Å². The Morgan fingerprint density at radius 3 is 2.53 bits per heavy atom. The molecule has 3 atom stereocenters. The average Bonchev–Trinajstić information content (AvgIpc) is 3.35. The summed E-state index contributed by atoms with van der Waals surface area (Å²) in [7, 11) is 2.17. The number of aliphatic hydroxyl groups excluding tert-OH is 1. The summed E-state index contributed by atoms with van der Waals surface area (Å²) in [4.78, 5) is 43.6. The van der Waals surface area contributed by atoms with Crippen LogP contribution in [0.4, 0.5) is 17.1 Å². The topological polar surface area (TPSA) is 81.2 Å². The predicted octanol–water partition coefficient (Wildman–Crippen LogP) is 3.43. The van der Waals surface area contributed by atoms with Crippen molar-refractivity contribution >= 4 is 42.4 Å². The van der Waals surface area contributed by atoms with E-state index < -0.39 is 14.0 Å². The van der Waals surface area contributed by atoms with Gasteiger partial charge in [-0.25, -0.2) is 0 Å². The average molecular weight is 482 g/mol. The molecule has 0 aromatic heterocycles. The van der Waals surface area contributed by atoms with Gasteiger partial charge in [0.2, 0.25) is 6.41 Å². The second kappa shape index (κ2) is 10.7. The third-order valence-electron chi connectivity index (χ3n) is 6.92. The van der Waals surface area contributed by atoms with Crippen LogP contribution in [-0.2, 0) is 20.5 Å². The molecular weight excluding hydrogens is 449 g/mol. The molecule has 0 bridgehead atoms. The van der Waals surface area contributed by atoms with Crippen molar-refractivity contribution in [1.82, 2.24) is 0 Å². The van der Waals surface area contributed by atoms with Crippen LogP contribution in [0.1, 0.15) is 24.8 Å². The van der Waals surface area contributed by atoms with E-state index >= 15 is 0 Å². The molecule has 2 aromatic carbocycles. The number of carbonyl (C=O) groups is 3. The lowest BCUT2D eigenvalue weighted by molar-refractivity contribution is -0.117. The Bertz CT molecular complexity index is 1050. The standard InChI is InChI=1S/C26H32N3O4P/c1-27(18-31)24-14-21(29-13-12-20(15-29)16-30)8-9-22(24)28(2)23-10-11-25(32)34(26(23)33)17-19-6-4-3-5-7-19/h3-9,14,18,20,23,30H,10-13,15-17H2,1-2H3. The first-order valence-electron chi connectivity index (χ1n) is 11.7. The Morgan fingerprint density at radius 2 is 1.85 bits per heavy atom. The van der Waals surface area contributed by atoms with Crippen LogP contribution in [0.25, 0.3) is 0 Å². The molecule has 2 saturated heterocycles. The highest BCUT2D eigenvalue weighted by molar-refractivity contribution is 7.88. The molecule has 0 radical (unpaired) electrons.